The molecule has 1 amide bonds. The number of aliphatic carboxylic acids is 1. The summed E-state index contributed by atoms with van der Waals surface area (Å²) in [7, 11) is 1.57. The van der Waals surface area contributed by atoms with Gasteiger partial charge in [-0.05, 0) is 42.3 Å². The molecular formula is C21H25NO6. The average molecular weight is 387 g/mol. The lowest BCUT2D eigenvalue weighted by Gasteiger charge is -2.13. The summed E-state index contributed by atoms with van der Waals surface area (Å²) in [6.07, 6.45) is -0.595. The number of hydrogen-bond donors (Lipinski definition) is 2. The molecule has 0 spiro atoms. The number of anilines is 1. The summed E-state index contributed by atoms with van der Waals surface area (Å²) in [5, 5.41) is 11.8. The van der Waals surface area contributed by atoms with Gasteiger partial charge in [0.2, 0.25) is 0 Å². The highest BCUT2D eigenvalue weighted by Gasteiger charge is 2.18. The van der Waals surface area contributed by atoms with Gasteiger partial charge in [0.1, 0.15) is 5.75 Å². The molecule has 0 aliphatic carbocycles. The third kappa shape index (κ3) is 6.92. The highest BCUT2D eigenvalue weighted by atomic mass is 16.5. The first-order valence-corrected chi connectivity index (χ1v) is 9.02. The van der Waals surface area contributed by atoms with E-state index in [4.69, 9.17) is 14.2 Å². The maximum absolute atomic E-state index is 11.9. The zero-order valence-corrected chi connectivity index (χ0v) is 16.0. The first-order chi connectivity index (χ1) is 13.5. The van der Waals surface area contributed by atoms with E-state index in [-0.39, 0.29) is 13.0 Å². The van der Waals surface area contributed by atoms with E-state index in [0.717, 1.165) is 11.1 Å². The molecule has 2 rings (SSSR count). The van der Waals surface area contributed by atoms with E-state index in [1.807, 2.05) is 24.3 Å². The molecule has 0 aliphatic rings. The molecule has 0 aliphatic heterocycles. The number of carboxylic acids is 1. The molecule has 0 radical (unpaired) electrons. The zero-order valence-electron chi connectivity index (χ0n) is 16.0. The standard InChI is InChI=1S/C21H25NO6/c1-3-27-19(20(23)24)14-16-6-4-5-15(13-16)11-12-28-21(25)22-17-7-9-18(26-2)10-8-17/h4-10,13,19H,3,11-12,14H2,1-2H3,(H,22,25)(H,23,24). The highest BCUT2D eigenvalue weighted by molar-refractivity contribution is 5.84. The van der Waals surface area contributed by atoms with Crippen LogP contribution in [0.1, 0.15) is 18.1 Å². The zero-order chi connectivity index (χ0) is 20.4. The first-order valence-electron chi connectivity index (χ1n) is 9.02. The van der Waals surface area contributed by atoms with Crippen molar-refractivity contribution in [3.8, 4) is 5.75 Å². The number of rotatable bonds is 10. The van der Waals surface area contributed by atoms with Crippen LogP contribution in [0, 0.1) is 0 Å². The molecule has 7 nitrogen and oxygen atoms in total. The number of benzene rings is 2. The van der Waals surface area contributed by atoms with Gasteiger partial charge in [-0.25, -0.2) is 9.59 Å². The van der Waals surface area contributed by atoms with Crippen molar-refractivity contribution in [1.82, 2.24) is 0 Å². The van der Waals surface area contributed by atoms with Crippen LogP contribution < -0.4 is 10.1 Å². The predicted octanol–water partition coefficient (Wildman–Crippen LogP) is 3.52. The number of carbonyl (C=O) groups is 2. The number of ether oxygens (including phenoxy) is 3. The van der Waals surface area contributed by atoms with Crippen LogP contribution in [0.4, 0.5) is 10.5 Å². The highest BCUT2D eigenvalue weighted by Crippen LogP contribution is 2.15. The summed E-state index contributed by atoms with van der Waals surface area (Å²) in [5.41, 5.74) is 2.43. The second-order valence-electron chi connectivity index (χ2n) is 6.05. The average Bonchev–Trinajstić information content (AvgIpc) is 2.68. The molecule has 0 fully saturated rings. The van der Waals surface area contributed by atoms with Crippen molar-refractivity contribution in [1.29, 1.82) is 0 Å². The van der Waals surface area contributed by atoms with Crippen molar-refractivity contribution in [2.45, 2.75) is 25.9 Å². The minimum atomic E-state index is -0.981. The van der Waals surface area contributed by atoms with Crippen molar-refractivity contribution in [2.75, 3.05) is 25.6 Å². The van der Waals surface area contributed by atoms with Crippen LogP contribution in [0.3, 0.4) is 0 Å². The molecule has 0 heterocycles. The summed E-state index contributed by atoms with van der Waals surface area (Å²) in [4.78, 5) is 23.1. The van der Waals surface area contributed by atoms with Crippen LogP contribution in [0.25, 0.3) is 0 Å². The van der Waals surface area contributed by atoms with E-state index < -0.39 is 18.2 Å². The minimum Gasteiger partial charge on any atom is -0.497 e. The monoisotopic (exact) mass is 387 g/mol. The molecule has 2 N–H and O–H groups in total. The fourth-order valence-corrected chi connectivity index (χ4v) is 2.63. The SMILES string of the molecule is CCOC(Cc1cccc(CCOC(=O)Nc2ccc(OC)cc2)c1)C(=O)O. The van der Waals surface area contributed by atoms with Gasteiger partial charge in [-0.2, -0.15) is 0 Å². The van der Waals surface area contributed by atoms with Crippen molar-refractivity contribution < 1.29 is 28.9 Å². The Labute approximate surface area is 164 Å². The Morgan fingerprint density at radius 3 is 2.46 bits per heavy atom. The summed E-state index contributed by atoms with van der Waals surface area (Å²) in [6, 6.07) is 14.5. The summed E-state index contributed by atoms with van der Waals surface area (Å²) < 4.78 is 15.5. The lowest BCUT2D eigenvalue weighted by Crippen LogP contribution is -2.26. The van der Waals surface area contributed by atoms with Crippen molar-refractivity contribution in [2.24, 2.45) is 0 Å². The Bertz CT molecular complexity index is 775. The number of carboxylic acid groups (broad SMARTS) is 1. The van der Waals surface area contributed by atoms with Crippen molar-refractivity contribution >= 4 is 17.7 Å². The third-order valence-corrected chi connectivity index (χ3v) is 4.02. The molecule has 28 heavy (non-hydrogen) atoms. The number of methoxy groups -OCH3 is 1. The smallest absolute Gasteiger partial charge is 0.411 e. The molecule has 2 aromatic carbocycles. The number of carbonyl (C=O) groups excluding carboxylic acids is 1. The molecule has 1 atom stereocenters. The third-order valence-electron chi connectivity index (χ3n) is 4.02. The van der Waals surface area contributed by atoms with E-state index in [9.17, 15) is 14.7 Å². The molecule has 0 saturated heterocycles. The largest absolute Gasteiger partial charge is 0.497 e. The molecule has 7 heteroatoms. The van der Waals surface area contributed by atoms with Gasteiger partial charge in [-0.15, -0.1) is 0 Å². The van der Waals surface area contributed by atoms with Crippen LogP contribution in [0.5, 0.6) is 5.75 Å². The van der Waals surface area contributed by atoms with Gasteiger partial charge >= 0.3 is 12.1 Å². The van der Waals surface area contributed by atoms with Gasteiger partial charge in [0, 0.05) is 25.1 Å². The maximum atomic E-state index is 11.9. The summed E-state index contributed by atoms with van der Waals surface area (Å²) in [6.45, 7) is 2.31. The lowest BCUT2D eigenvalue weighted by molar-refractivity contribution is -0.149. The molecule has 150 valence electrons. The van der Waals surface area contributed by atoms with Crippen LogP contribution in [-0.4, -0.2) is 43.6 Å². The van der Waals surface area contributed by atoms with Crippen LogP contribution >= 0.6 is 0 Å². The van der Waals surface area contributed by atoms with E-state index in [1.54, 1.807) is 38.3 Å². The van der Waals surface area contributed by atoms with Crippen molar-refractivity contribution in [3.63, 3.8) is 0 Å². The molecule has 0 bridgehead atoms. The Hall–Kier alpha value is -3.06. The second-order valence-corrected chi connectivity index (χ2v) is 6.05. The first kappa shape index (κ1) is 21.2. The molecule has 2 aromatic rings. The predicted molar refractivity (Wildman–Crippen MR) is 105 cm³/mol. The van der Waals surface area contributed by atoms with Gasteiger partial charge in [-0.1, -0.05) is 24.3 Å². The van der Waals surface area contributed by atoms with Gasteiger partial charge in [0.25, 0.3) is 0 Å². The van der Waals surface area contributed by atoms with E-state index >= 15 is 0 Å². The van der Waals surface area contributed by atoms with Crippen LogP contribution in [0.2, 0.25) is 0 Å². The summed E-state index contributed by atoms with van der Waals surface area (Å²) >= 11 is 0. The van der Waals surface area contributed by atoms with Gasteiger partial charge in [-0.3, -0.25) is 5.32 Å². The van der Waals surface area contributed by atoms with Gasteiger partial charge < -0.3 is 19.3 Å². The number of hydrogen-bond acceptors (Lipinski definition) is 5. The van der Waals surface area contributed by atoms with E-state index in [2.05, 4.69) is 5.32 Å². The molecule has 0 saturated carbocycles. The van der Waals surface area contributed by atoms with Crippen LogP contribution in [-0.2, 0) is 27.1 Å². The quantitative estimate of drug-likeness (QED) is 0.648. The number of nitrogens with one attached hydrogen (secondary N) is 1. The Kier molecular flexibility index (Phi) is 8.30. The molecular weight excluding hydrogens is 362 g/mol. The van der Waals surface area contributed by atoms with E-state index in [0.29, 0.717) is 24.5 Å². The fourth-order valence-electron chi connectivity index (χ4n) is 2.63. The Morgan fingerprint density at radius 2 is 1.82 bits per heavy atom. The van der Waals surface area contributed by atoms with Gasteiger partial charge in [0.05, 0.1) is 13.7 Å². The van der Waals surface area contributed by atoms with Crippen molar-refractivity contribution in [3.05, 3.63) is 59.7 Å². The minimum absolute atomic E-state index is 0.208. The Balaban J connectivity index is 1.82. The lowest BCUT2D eigenvalue weighted by atomic mass is 10.0. The fraction of sp³-hybridized carbons (Fsp3) is 0.333. The topological polar surface area (TPSA) is 94.1 Å². The van der Waals surface area contributed by atoms with Crippen LogP contribution in [0.15, 0.2) is 48.5 Å². The van der Waals surface area contributed by atoms with Gasteiger partial charge in [0.15, 0.2) is 6.10 Å². The summed E-state index contributed by atoms with van der Waals surface area (Å²) in [5.74, 6) is -0.279. The van der Waals surface area contributed by atoms with E-state index in [1.165, 1.54) is 0 Å². The molecule has 0 aromatic heterocycles. The normalized spacial score (nSPS) is 11.5. The maximum Gasteiger partial charge on any atom is 0.411 e. The molecule has 1 unspecified atom stereocenters. The Morgan fingerprint density at radius 1 is 1.11 bits per heavy atom. The second kappa shape index (κ2) is 10.9. The number of amides is 1.